The van der Waals surface area contributed by atoms with Crippen molar-refractivity contribution in [2.45, 2.75) is 19.4 Å². The summed E-state index contributed by atoms with van der Waals surface area (Å²) >= 11 is 0. The second kappa shape index (κ2) is 8.39. The van der Waals surface area contributed by atoms with E-state index in [9.17, 15) is 36.5 Å². The van der Waals surface area contributed by atoms with Crippen LogP contribution in [0.2, 0.25) is 0 Å². The number of hydrogen-bond acceptors (Lipinski definition) is 9. The lowest BCUT2D eigenvalue weighted by Crippen LogP contribution is -2.28. The van der Waals surface area contributed by atoms with Gasteiger partial charge in [-0.1, -0.05) is 0 Å². The highest BCUT2D eigenvalue weighted by molar-refractivity contribution is 7.88. The van der Waals surface area contributed by atoms with E-state index in [1.807, 2.05) is 0 Å². The normalized spacial score (nSPS) is 11.8. The van der Waals surface area contributed by atoms with Crippen molar-refractivity contribution in [3.63, 3.8) is 0 Å². The van der Waals surface area contributed by atoms with Crippen LogP contribution >= 0.6 is 0 Å². The predicted octanol–water partition coefficient (Wildman–Crippen LogP) is 2.29. The molecule has 0 aliphatic heterocycles. The molecule has 152 valence electrons. The van der Waals surface area contributed by atoms with Gasteiger partial charge in [0.1, 0.15) is 11.3 Å². The third-order valence-electron chi connectivity index (χ3n) is 2.95. The SMILES string of the molecule is CCOC(=O)c1c(OCOC)cc(OS(=O)(=O)C(F)(F)F)c([N+](=O)[O-])c1C. The van der Waals surface area contributed by atoms with Gasteiger partial charge in [0.2, 0.25) is 5.75 Å². The van der Waals surface area contributed by atoms with Gasteiger partial charge < -0.3 is 18.4 Å². The van der Waals surface area contributed by atoms with Gasteiger partial charge in [-0.25, -0.2) is 4.79 Å². The molecule has 10 nitrogen and oxygen atoms in total. The van der Waals surface area contributed by atoms with Crippen LogP contribution in [0.4, 0.5) is 18.9 Å². The van der Waals surface area contributed by atoms with Crippen molar-refractivity contribution in [1.29, 1.82) is 0 Å². The number of carbonyl (C=O) groups excluding carboxylic acids is 1. The fourth-order valence-electron chi connectivity index (χ4n) is 1.90. The Labute approximate surface area is 151 Å². The Kier molecular flexibility index (Phi) is 6.97. The fourth-order valence-corrected chi connectivity index (χ4v) is 2.35. The second-order valence-electron chi connectivity index (χ2n) is 4.73. The van der Waals surface area contributed by atoms with Crippen molar-refractivity contribution in [3.8, 4) is 11.5 Å². The van der Waals surface area contributed by atoms with Crippen molar-refractivity contribution in [3.05, 3.63) is 27.3 Å². The number of carbonyl (C=O) groups is 1. The maximum atomic E-state index is 12.6. The molecule has 0 atom stereocenters. The van der Waals surface area contributed by atoms with Gasteiger partial charge >= 0.3 is 27.3 Å². The first-order chi connectivity index (χ1) is 12.4. The number of halogens is 3. The van der Waals surface area contributed by atoms with E-state index in [4.69, 9.17) is 9.47 Å². The molecular weight excluding hydrogens is 403 g/mol. The Hall–Kier alpha value is -2.61. The molecule has 0 aliphatic rings. The quantitative estimate of drug-likeness (QED) is 0.156. The van der Waals surface area contributed by atoms with Crippen LogP contribution in [0.25, 0.3) is 0 Å². The van der Waals surface area contributed by atoms with Crippen molar-refractivity contribution < 1.29 is 49.7 Å². The maximum absolute atomic E-state index is 12.6. The van der Waals surface area contributed by atoms with Gasteiger partial charge in [-0.05, 0) is 13.8 Å². The molecule has 0 saturated heterocycles. The lowest BCUT2D eigenvalue weighted by molar-refractivity contribution is -0.386. The van der Waals surface area contributed by atoms with Gasteiger partial charge in [0.05, 0.1) is 11.5 Å². The summed E-state index contributed by atoms with van der Waals surface area (Å²) in [5.74, 6) is -2.88. The molecule has 0 amide bonds. The molecule has 0 unspecified atom stereocenters. The van der Waals surface area contributed by atoms with Gasteiger partial charge in [0, 0.05) is 18.7 Å². The number of benzene rings is 1. The summed E-state index contributed by atoms with van der Waals surface area (Å²) in [6.45, 7) is 1.83. The van der Waals surface area contributed by atoms with Gasteiger partial charge in [-0.15, -0.1) is 0 Å². The summed E-state index contributed by atoms with van der Waals surface area (Å²) in [6.07, 6.45) is 0. The molecule has 1 rings (SSSR count). The summed E-state index contributed by atoms with van der Waals surface area (Å²) in [5, 5.41) is 11.3. The Balaban J connectivity index is 3.71. The van der Waals surface area contributed by atoms with Crippen LogP contribution in [0.5, 0.6) is 11.5 Å². The van der Waals surface area contributed by atoms with E-state index < -0.39 is 61.6 Å². The van der Waals surface area contributed by atoms with E-state index in [0.717, 1.165) is 6.92 Å². The molecule has 0 N–H and O–H groups in total. The number of methoxy groups -OCH3 is 1. The predicted molar refractivity (Wildman–Crippen MR) is 81.9 cm³/mol. The molecule has 0 heterocycles. The van der Waals surface area contributed by atoms with Crippen LogP contribution in [0, 0.1) is 17.0 Å². The van der Waals surface area contributed by atoms with Crippen LogP contribution in [-0.4, -0.2) is 45.3 Å². The van der Waals surface area contributed by atoms with Crippen molar-refractivity contribution in [1.82, 2.24) is 0 Å². The van der Waals surface area contributed by atoms with Gasteiger partial charge in [-0.3, -0.25) is 10.1 Å². The average molecular weight is 417 g/mol. The molecular formula is C13H14F3NO9S. The average Bonchev–Trinajstić information content (AvgIpc) is 2.50. The second-order valence-corrected chi connectivity index (χ2v) is 6.27. The number of nitro benzene ring substituents is 1. The van der Waals surface area contributed by atoms with E-state index in [-0.39, 0.29) is 6.61 Å². The largest absolute Gasteiger partial charge is 0.534 e. The van der Waals surface area contributed by atoms with Gasteiger partial charge in [0.25, 0.3) is 0 Å². The van der Waals surface area contributed by atoms with Gasteiger partial charge in [-0.2, -0.15) is 21.6 Å². The molecule has 27 heavy (non-hydrogen) atoms. The third kappa shape index (κ3) is 4.97. The summed E-state index contributed by atoms with van der Waals surface area (Å²) in [4.78, 5) is 22.1. The summed E-state index contributed by atoms with van der Waals surface area (Å²) in [7, 11) is -5.02. The zero-order chi connectivity index (χ0) is 21.0. The Morgan fingerprint density at radius 3 is 2.33 bits per heavy atom. The number of alkyl halides is 3. The van der Waals surface area contributed by atoms with Crippen molar-refractivity contribution in [2.75, 3.05) is 20.5 Å². The van der Waals surface area contributed by atoms with Gasteiger partial charge in [0.15, 0.2) is 6.79 Å². The monoisotopic (exact) mass is 417 g/mol. The number of nitrogens with zero attached hydrogens (tertiary/aromatic N) is 1. The number of nitro groups is 1. The Morgan fingerprint density at radius 1 is 1.30 bits per heavy atom. The van der Waals surface area contributed by atoms with E-state index >= 15 is 0 Å². The minimum Gasteiger partial charge on any atom is -0.466 e. The zero-order valence-corrected chi connectivity index (χ0v) is 15.0. The molecule has 0 aromatic heterocycles. The van der Waals surface area contributed by atoms with E-state index in [2.05, 4.69) is 8.92 Å². The molecule has 0 bridgehead atoms. The topological polar surface area (TPSA) is 131 Å². The molecule has 0 aliphatic carbocycles. The first kappa shape index (κ1) is 22.4. The van der Waals surface area contributed by atoms with E-state index in [0.29, 0.717) is 6.07 Å². The maximum Gasteiger partial charge on any atom is 0.534 e. The summed E-state index contributed by atoms with van der Waals surface area (Å²) < 4.78 is 78.4. The molecule has 0 spiro atoms. The van der Waals surface area contributed by atoms with E-state index in [1.54, 1.807) is 0 Å². The third-order valence-corrected chi connectivity index (χ3v) is 3.92. The smallest absolute Gasteiger partial charge is 0.466 e. The summed E-state index contributed by atoms with van der Waals surface area (Å²) in [6, 6.07) is 0.472. The minimum absolute atomic E-state index is 0.115. The summed E-state index contributed by atoms with van der Waals surface area (Å²) in [5.41, 5.74) is -8.00. The Morgan fingerprint density at radius 2 is 1.89 bits per heavy atom. The molecule has 1 aromatic rings. The number of hydrogen-bond donors (Lipinski definition) is 0. The Bertz CT molecular complexity index is 836. The number of ether oxygens (including phenoxy) is 3. The molecule has 0 fully saturated rings. The minimum atomic E-state index is -6.21. The van der Waals surface area contributed by atoms with Crippen molar-refractivity contribution >= 4 is 21.8 Å². The highest BCUT2D eigenvalue weighted by Gasteiger charge is 2.49. The molecule has 14 heteroatoms. The first-order valence-corrected chi connectivity index (χ1v) is 8.39. The lowest BCUT2D eigenvalue weighted by atomic mass is 10.0. The van der Waals surface area contributed by atoms with Crippen LogP contribution in [0.15, 0.2) is 6.07 Å². The van der Waals surface area contributed by atoms with Crippen LogP contribution in [0.3, 0.4) is 0 Å². The van der Waals surface area contributed by atoms with Crippen molar-refractivity contribution in [2.24, 2.45) is 0 Å². The fraction of sp³-hybridized carbons (Fsp3) is 0.462. The number of esters is 1. The van der Waals surface area contributed by atoms with Crippen LogP contribution in [0.1, 0.15) is 22.8 Å². The molecule has 0 radical (unpaired) electrons. The zero-order valence-electron chi connectivity index (χ0n) is 14.2. The standard InChI is InChI=1S/C13H14F3NO9S/c1-4-24-12(18)10-7(2)11(17(19)20)9(5-8(10)25-6-23-3)26-27(21,22)13(14,15)16/h5H,4,6H2,1-3H3. The highest BCUT2D eigenvalue weighted by Crippen LogP contribution is 2.41. The molecule has 0 saturated carbocycles. The number of rotatable bonds is 8. The van der Waals surface area contributed by atoms with E-state index in [1.165, 1.54) is 14.0 Å². The van der Waals surface area contributed by atoms with Crippen LogP contribution < -0.4 is 8.92 Å². The molecule has 1 aromatic carbocycles. The lowest BCUT2D eigenvalue weighted by Gasteiger charge is -2.16. The first-order valence-electron chi connectivity index (χ1n) is 6.99. The highest BCUT2D eigenvalue weighted by atomic mass is 32.2. The van der Waals surface area contributed by atoms with Crippen LogP contribution in [-0.2, 0) is 19.6 Å².